The lowest BCUT2D eigenvalue weighted by molar-refractivity contribution is -0.133. The van der Waals surface area contributed by atoms with Crippen molar-refractivity contribution in [3.05, 3.63) is 11.1 Å². The van der Waals surface area contributed by atoms with Gasteiger partial charge in [0, 0.05) is 17.6 Å². The molecular formula is C9H12O3. The molecule has 1 unspecified atom stereocenters. The van der Waals surface area contributed by atoms with E-state index in [0.29, 0.717) is 24.3 Å². The van der Waals surface area contributed by atoms with E-state index in [1.165, 1.54) is 6.92 Å². The fraction of sp³-hybridized carbons (Fsp3) is 0.556. The van der Waals surface area contributed by atoms with Crippen molar-refractivity contribution in [3.8, 4) is 0 Å². The molecule has 0 aromatic carbocycles. The number of rotatable bonds is 1. The highest BCUT2D eigenvalue weighted by atomic mass is 16.4. The molecule has 3 heteroatoms. The first-order valence-electron chi connectivity index (χ1n) is 3.98. The number of Topliss-reactive ketones (excluding diaryl/α,β-unsaturated/α-hetero) is 1. The van der Waals surface area contributed by atoms with Gasteiger partial charge in [0.25, 0.3) is 0 Å². The summed E-state index contributed by atoms with van der Waals surface area (Å²) in [6.45, 7) is 3.45. The average Bonchev–Trinajstić information content (AvgIpc) is 2.28. The van der Waals surface area contributed by atoms with Gasteiger partial charge in [-0.2, -0.15) is 0 Å². The molecule has 0 radical (unpaired) electrons. The number of allylic oxidation sites excluding steroid dienone is 1. The Bertz CT molecular complexity index is 263. The topological polar surface area (TPSA) is 54.4 Å². The van der Waals surface area contributed by atoms with Crippen LogP contribution in [0.4, 0.5) is 0 Å². The number of carboxylic acid groups (broad SMARTS) is 1. The van der Waals surface area contributed by atoms with Crippen LogP contribution >= 0.6 is 0 Å². The third-order valence-corrected chi connectivity index (χ3v) is 2.20. The molecule has 1 fully saturated rings. The highest BCUT2D eigenvalue weighted by Crippen LogP contribution is 2.28. The Morgan fingerprint density at radius 2 is 2.08 bits per heavy atom. The number of hydrogen-bond acceptors (Lipinski definition) is 2. The number of aliphatic carboxylic acids is 1. The molecule has 1 aliphatic carbocycles. The average molecular weight is 168 g/mol. The van der Waals surface area contributed by atoms with Gasteiger partial charge in [-0.3, -0.25) is 4.79 Å². The summed E-state index contributed by atoms with van der Waals surface area (Å²) in [5.41, 5.74) is 0.722. The van der Waals surface area contributed by atoms with Crippen molar-refractivity contribution in [2.75, 3.05) is 0 Å². The Morgan fingerprint density at radius 1 is 1.50 bits per heavy atom. The molecule has 0 amide bonds. The molecule has 3 nitrogen and oxygen atoms in total. The molecule has 1 rings (SSSR count). The predicted molar refractivity (Wildman–Crippen MR) is 43.7 cm³/mol. The fourth-order valence-corrected chi connectivity index (χ4v) is 1.47. The van der Waals surface area contributed by atoms with Gasteiger partial charge < -0.3 is 5.11 Å². The Morgan fingerprint density at radius 3 is 2.42 bits per heavy atom. The van der Waals surface area contributed by atoms with Crippen molar-refractivity contribution < 1.29 is 14.7 Å². The molecule has 0 spiro atoms. The molecule has 0 bridgehead atoms. The Hall–Kier alpha value is -1.12. The van der Waals surface area contributed by atoms with Gasteiger partial charge in [0.1, 0.15) is 0 Å². The summed E-state index contributed by atoms with van der Waals surface area (Å²) < 4.78 is 0. The molecule has 1 N–H and O–H groups in total. The second-order valence-electron chi connectivity index (χ2n) is 3.35. The summed E-state index contributed by atoms with van der Waals surface area (Å²) in [4.78, 5) is 21.7. The Balaban J connectivity index is 2.96. The van der Waals surface area contributed by atoms with Crippen LogP contribution in [0.1, 0.15) is 26.7 Å². The molecule has 1 atom stereocenters. The van der Waals surface area contributed by atoms with E-state index in [1.807, 2.05) is 6.92 Å². The first kappa shape index (κ1) is 8.97. The number of carbonyl (C=O) groups is 2. The molecule has 12 heavy (non-hydrogen) atoms. The lowest BCUT2D eigenvalue weighted by Crippen LogP contribution is -2.04. The fourth-order valence-electron chi connectivity index (χ4n) is 1.47. The largest absolute Gasteiger partial charge is 0.478 e. The molecule has 1 aliphatic rings. The van der Waals surface area contributed by atoms with Crippen LogP contribution in [0.25, 0.3) is 0 Å². The summed E-state index contributed by atoms with van der Waals surface area (Å²) in [7, 11) is 0. The molecule has 66 valence electrons. The van der Waals surface area contributed by atoms with E-state index >= 15 is 0 Å². The van der Waals surface area contributed by atoms with Crippen molar-refractivity contribution >= 4 is 11.8 Å². The van der Waals surface area contributed by atoms with E-state index in [0.717, 1.165) is 0 Å². The quantitative estimate of drug-likeness (QED) is 0.602. The van der Waals surface area contributed by atoms with Crippen LogP contribution < -0.4 is 0 Å². The second kappa shape index (κ2) is 3.09. The number of ketones is 1. The van der Waals surface area contributed by atoms with Crippen molar-refractivity contribution in [2.24, 2.45) is 5.92 Å². The highest BCUT2D eigenvalue weighted by molar-refractivity contribution is 6.04. The van der Waals surface area contributed by atoms with Gasteiger partial charge in [-0.05, 0) is 19.3 Å². The van der Waals surface area contributed by atoms with E-state index in [1.54, 1.807) is 0 Å². The van der Waals surface area contributed by atoms with Crippen LogP contribution in [0.15, 0.2) is 11.1 Å². The van der Waals surface area contributed by atoms with Crippen LogP contribution in [0.2, 0.25) is 0 Å². The molecular weight excluding hydrogens is 156 g/mol. The van der Waals surface area contributed by atoms with Gasteiger partial charge in [0.05, 0.1) is 0 Å². The number of carboxylic acids is 1. The minimum Gasteiger partial charge on any atom is -0.478 e. The van der Waals surface area contributed by atoms with Crippen molar-refractivity contribution in [1.82, 2.24) is 0 Å². The molecule has 0 aromatic rings. The van der Waals surface area contributed by atoms with Crippen LogP contribution in [-0.2, 0) is 9.59 Å². The van der Waals surface area contributed by atoms with E-state index in [4.69, 9.17) is 5.11 Å². The predicted octanol–water partition coefficient (Wildman–Crippen LogP) is 1.39. The van der Waals surface area contributed by atoms with E-state index in [-0.39, 0.29) is 11.4 Å². The third kappa shape index (κ3) is 1.55. The van der Waals surface area contributed by atoms with E-state index in [9.17, 15) is 9.59 Å². The smallest absolute Gasteiger partial charge is 0.331 e. The molecule has 0 aliphatic heterocycles. The minimum absolute atomic E-state index is 0.00222. The zero-order valence-electron chi connectivity index (χ0n) is 7.26. The summed E-state index contributed by atoms with van der Waals surface area (Å²) in [6.07, 6.45) is 1.12. The van der Waals surface area contributed by atoms with Crippen LogP contribution in [0.5, 0.6) is 0 Å². The molecule has 1 saturated carbocycles. The van der Waals surface area contributed by atoms with Gasteiger partial charge in [0.15, 0.2) is 5.78 Å². The minimum atomic E-state index is -0.979. The maximum Gasteiger partial charge on any atom is 0.331 e. The maximum atomic E-state index is 11.2. The van der Waals surface area contributed by atoms with E-state index < -0.39 is 5.97 Å². The first-order chi connectivity index (χ1) is 5.52. The normalized spacial score (nSPS) is 27.5. The monoisotopic (exact) mass is 168 g/mol. The van der Waals surface area contributed by atoms with Crippen LogP contribution in [0, 0.1) is 5.92 Å². The lowest BCUT2D eigenvalue weighted by Gasteiger charge is -1.98. The Labute approximate surface area is 71.1 Å². The maximum absolute atomic E-state index is 11.2. The third-order valence-electron chi connectivity index (χ3n) is 2.20. The van der Waals surface area contributed by atoms with Gasteiger partial charge >= 0.3 is 5.97 Å². The summed E-state index contributed by atoms with van der Waals surface area (Å²) in [5.74, 6) is -0.670. The Kier molecular flexibility index (Phi) is 2.31. The summed E-state index contributed by atoms with van der Waals surface area (Å²) in [5, 5.41) is 8.64. The van der Waals surface area contributed by atoms with Gasteiger partial charge in [-0.15, -0.1) is 0 Å². The molecule has 0 saturated heterocycles. The molecule has 0 aromatic heterocycles. The zero-order chi connectivity index (χ0) is 9.30. The van der Waals surface area contributed by atoms with Crippen LogP contribution in [0.3, 0.4) is 0 Å². The van der Waals surface area contributed by atoms with Crippen molar-refractivity contribution in [1.29, 1.82) is 0 Å². The van der Waals surface area contributed by atoms with Crippen molar-refractivity contribution in [2.45, 2.75) is 26.7 Å². The standard InChI is InChI=1S/C9H12O3/c1-5-3-7(8(10)4-5)6(2)9(11)12/h5H,3-4H2,1-2H3,(H,11,12). The first-order valence-corrected chi connectivity index (χ1v) is 3.98. The van der Waals surface area contributed by atoms with Gasteiger partial charge in [-0.25, -0.2) is 4.79 Å². The highest BCUT2D eigenvalue weighted by Gasteiger charge is 2.27. The number of hydrogen-bond donors (Lipinski definition) is 1. The van der Waals surface area contributed by atoms with Crippen LogP contribution in [-0.4, -0.2) is 16.9 Å². The lowest BCUT2D eigenvalue weighted by atomic mass is 10.1. The van der Waals surface area contributed by atoms with Gasteiger partial charge in [-0.1, -0.05) is 6.92 Å². The second-order valence-corrected chi connectivity index (χ2v) is 3.35. The number of carbonyl (C=O) groups excluding carboxylic acids is 1. The summed E-state index contributed by atoms with van der Waals surface area (Å²) >= 11 is 0. The summed E-state index contributed by atoms with van der Waals surface area (Å²) in [6, 6.07) is 0. The SMILES string of the molecule is CC(C(=O)O)=C1CC(C)CC1=O. The van der Waals surface area contributed by atoms with Crippen molar-refractivity contribution in [3.63, 3.8) is 0 Å². The molecule has 0 heterocycles. The van der Waals surface area contributed by atoms with E-state index in [2.05, 4.69) is 0 Å². The van der Waals surface area contributed by atoms with Gasteiger partial charge in [0.2, 0.25) is 0 Å². The zero-order valence-corrected chi connectivity index (χ0v) is 7.26.